The smallest absolute Gasteiger partial charge is 0.0642 e. The van der Waals surface area contributed by atoms with Gasteiger partial charge in [0.25, 0.3) is 0 Å². The summed E-state index contributed by atoms with van der Waals surface area (Å²) in [4.78, 5) is 2.27. The largest absolute Gasteiger partial charge is 0.368 e. The fourth-order valence-electron chi connectivity index (χ4n) is 1.85. The van der Waals surface area contributed by atoms with Crippen LogP contribution in [0.1, 0.15) is 39.3 Å². The van der Waals surface area contributed by atoms with Gasteiger partial charge in [-0.3, -0.25) is 0 Å². The Morgan fingerprint density at radius 3 is 2.31 bits per heavy atom. The summed E-state index contributed by atoms with van der Waals surface area (Å²) in [5, 5.41) is 0.783. The van der Waals surface area contributed by atoms with Gasteiger partial charge in [-0.2, -0.15) is 0 Å². The van der Waals surface area contributed by atoms with Crippen LogP contribution in [-0.4, -0.2) is 12.6 Å². The molecule has 1 aromatic rings. The zero-order valence-corrected chi connectivity index (χ0v) is 11.3. The predicted octanol–water partition coefficient (Wildman–Crippen LogP) is 3.59. The number of benzene rings is 1. The van der Waals surface area contributed by atoms with Gasteiger partial charge in [-0.15, -0.1) is 0 Å². The Hall–Kier alpha value is -0.730. The van der Waals surface area contributed by atoms with Gasteiger partial charge in [0.05, 0.1) is 10.7 Å². The third-order valence-electron chi connectivity index (χ3n) is 2.77. The maximum atomic E-state index is 6.29. The van der Waals surface area contributed by atoms with E-state index in [-0.39, 0.29) is 6.04 Å². The number of anilines is 1. The Bertz CT molecular complexity index is 348. The zero-order chi connectivity index (χ0) is 12.3. The van der Waals surface area contributed by atoms with Crippen LogP contribution in [0.25, 0.3) is 0 Å². The highest BCUT2D eigenvalue weighted by atomic mass is 35.5. The lowest BCUT2D eigenvalue weighted by molar-refractivity contribution is 0.703. The molecule has 0 saturated carbocycles. The fraction of sp³-hybridized carbons (Fsp3) is 0.538. The van der Waals surface area contributed by atoms with Crippen molar-refractivity contribution in [1.29, 1.82) is 0 Å². The summed E-state index contributed by atoms with van der Waals surface area (Å²) < 4.78 is 0. The van der Waals surface area contributed by atoms with Crippen molar-refractivity contribution in [2.24, 2.45) is 5.73 Å². The Balaban J connectivity index is 3.06. The first-order chi connectivity index (χ1) is 7.47. The van der Waals surface area contributed by atoms with Gasteiger partial charge in [0.15, 0.2) is 0 Å². The van der Waals surface area contributed by atoms with Gasteiger partial charge in [0.2, 0.25) is 0 Å². The number of hydrogen-bond acceptors (Lipinski definition) is 2. The lowest BCUT2D eigenvalue weighted by Gasteiger charge is -2.28. The van der Waals surface area contributed by atoms with Crippen molar-refractivity contribution in [3.8, 4) is 0 Å². The fourth-order valence-corrected chi connectivity index (χ4v) is 2.15. The van der Waals surface area contributed by atoms with E-state index in [1.54, 1.807) is 0 Å². The second-order valence-electron chi connectivity index (χ2n) is 4.38. The average Bonchev–Trinajstić information content (AvgIpc) is 2.20. The predicted molar refractivity (Wildman–Crippen MR) is 72.2 cm³/mol. The molecule has 16 heavy (non-hydrogen) atoms. The molecule has 2 nitrogen and oxygen atoms in total. The maximum Gasteiger partial charge on any atom is 0.0642 e. The molecule has 0 aliphatic heterocycles. The summed E-state index contributed by atoms with van der Waals surface area (Å²) in [6, 6.07) is 6.55. The maximum absolute atomic E-state index is 6.29. The van der Waals surface area contributed by atoms with E-state index in [0.717, 1.165) is 22.8 Å². The molecular weight excluding hydrogens is 220 g/mol. The first-order valence-electron chi connectivity index (χ1n) is 5.79. The number of hydrogen-bond donors (Lipinski definition) is 1. The Morgan fingerprint density at radius 2 is 1.94 bits per heavy atom. The van der Waals surface area contributed by atoms with E-state index in [9.17, 15) is 0 Å². The van der Waals surface area contributed by atoms with Crippen molar-refractivity contribution in [1.82, 2.24) is 0 Å². The summed E-state index contributed by atoms with van der Waals surface area (Å²) in [6.45, 7) is 9.38. The lowest BCUT2D eigenvalue weighted by atomic mass is 10.1. The molecule has 0 saturated heterocycles. The minimum atomic E-state index is 0.0284. The molecule has 0 heterocycles. The molecule has 1 rings (SSSR count). The van der Waals surface area contributed by atoms with Crippen molar-refractivity contribution < 1.29 is 0 Å². The summed E-state index contributed by atoms with van der Waals surface area (Å²) >= 11 is 6.29. The molecule has 0 aliphatic carbocycles. The molecule has 1 atom stereocenters. The third kappa shape index (κ3) is 2.89. The number of rotatable bonds is 4. The van der Waals surface area contributed by atoms with Crippen LogP contribution in [-0.2, 0) is 0 Å². The van der Waals surface area contributed by atoms with Crippen LogP contribution in [0.2, 0.25) is 5.02 Å². The van der Waals surface area contributed by atoms with Gasteiger partial charge >= 0.3 is 0 Å². The van der Waals surface area contributed by atoms with Crippen LogP contribution in [0.5, 0.6) is 0 Å². The molecule has 3 heteroatoms. The minimum Gasteiger partial charge on any atom is -0.368 e. The monoisotopic (exact) mass is 240 g/mol. The first kappa shape index (κ1) is 13.3. The van der Waals surface area contributed by atoms with Crippen LogP contribution in [0, 0.1) is 0 Å². The molecule has 0 aliphatic rings. The van der Waals surface area contributed by atoms with E-state index in [0.29, 0.717) is 6.04 Å². The van der Waals surface area contributed by atoms with E-state index in [1.165, 1.54) is 0 Å². The molecule has 1 aromatic carbocycles. The van der Waals surface area contributed by atoms with E-state index < -0.39 is 0 Å². The Kier molecular flexibility index (Phi) is 4.63. The zero-order valence-electron chi connectivity index (χ0n) is 10.5. The van der Waals surface area contributed by atoms with Crippen molar-refractivity contribution in [2.45, 2.75) is 39.8 Å². The topological polar surface area (TPSA) is 29.3 Å². The summed E-state index contributed by atoms with van der Waals surface area (Å²) in [7, 11) is 0. The van der Waals surface area contributed by atoms with Crippen molar-refractivity contribution in [2.75, 3.05) is 11.4 Å². The molecule has 1 unspecified atom stereocenters. The highest BCUT2D eigenvalue weighted by Gasteiger charge is 2.12. The van der Waals surface area contributed by atoms with E-state index >= 15 is 0 Å². The molecular formula is C13H21ClN2. The Morgan fingerprint density at radius 1 is 1.31 bits per heavy atom. The standard InChI is InChI=1S/C13H21ClN2/c1-5-16(9(2)3)13-7-6-11(10(4)15)8-12(13)14/h6-10H,5,15H2,1-4H3. The molecule has 0 spiro atoms. The SMILES string of the molecule is CCN(c1ccc(C(C)N)cc1Cl)C(C)C. The van der Waals surface area contributed by atoms with Crippen LogP contribution in [0.3, 0.4) is 0 Å². The van der Waals surface area contributed by atoms with Crippen LogP contribution in [0.4, 0.5) is 5.69 Å². The van der Waals surface area contributed by atoms with Gasteiger partial charge in [-0.25, -0.2) is 0 Å². The second-order valence-corrected chi connectivity index (χ2v) is 4.79. The minimum absolute atomic E-state index is 0.0284. The third-order valence-corrected chi connectivity index (χ3v) is 3.07. The summed E-state index contributed by atoms with van der Waals surface area (Å²) in [6.07, 6.45) is 0. The summed E-state index contributed by atoms with van der Waals surface area (Å²) in [5.74, 6) is 0. The average molecular weight is 241 g/mol. The number of nitrogens with zero attached hydrogens (tertiary/aromatic N) is 1. The van der Waals surface area contributed by atoms with Crippen molar-refractivity contribution in [3.63, 3.8) is 0 Å². The molecule has 0 fully saturated rings. The molecule has 2 N–H and O–H groups in total. The van der Waals surface area contributed by atoms with E-state index in [1.807, 2.05) is 13.0 Å². The Labute approximate surface area is 103 Å². The van der Waals surface area contributed by atoms with Gasteiger partial charge in [-0.1, -0.05) is 17.7 Å². The van der Waals surface area contributed by atoms with Gasteiger partial charge in [0, 0.05) is 18.6 Å². The quantitative estimate of drug-likeness (QED) is 0.872. The van der Waals surface area contributed by atoms with E-state index in [2.05, 4.69) is 37.8 Å². The normalized spacial score (nSPS) is 12.9. The van der Waals surface area contributed by atoms with Crippen molar-refractivity contribution >= 4 is 17.3 Å². The highest BCUT2D eigenvalue weighted by Crippen LogP contribution is 2.29. The number of nitrogens with two attached hydrogens (primary N) is 1. The molecule has 0 aromatic heterocycles. The lowest BCUT2D eigenvalue weighted by Crippen LogP contribution is -2.30. The summed E-state index contributed by atoms with van der Waals surface area (Å²) in [5.41, 5.74) is 7.99. The molecule has 90 valence electrons. The second kappa shape index (κ2) is 5.55. The van der Waals surface area contributed by atoms with Gasteiger partial charge < -0.3 is 10.6 Å². The van der Waals surface area contributed by atoms with E-state index in [4.69, 9.17) is 17.3 Å². The molecule has 0 bridgehead atoms. The molecule has 0 radical (unpaired) electrons. The van der Waals surface area contributed by atoms with Gasteiger partial charge in [0.1, 0.15) is 0 Å². The van der Waals surface area contributed by atoms with Crippen LogP contribution < -0.4 is 10.6 Å². The van der Waals surface area contributed by atoms with Crippen molar-refractivity contribution in [3.05, 3.63) is 28.8 Å². The van der Waals surface area contributed by atoms with Crippen LogP contribution >= 0.6 is 11.6 Å². The first-order valence-corrected chi connectivity index (χ1v) is 6.16. The van der Waals surface area contributed by atoms with Crippen LogP contribution in [0.15, 0.2) is 18.2 Å². The van der Waals surface area contributed by atoms with Gasteiger partial charge in [-0.05, 0) is 45.4 Å². The highest BCUT2D eigenvalue weighted by molar-refractivity contribution is 6.33. The molecule has 0 amide bonds. The number of halogens is 1.